The fraction of sp³-hybridized carbons (Fsp3) is 0.543. The number of nitrogens with zero attached hydrogens (tertiary/aromatic N) is 8. The summed E-state index contributed by atoms with van der Waals surface area (Å²) in [5.41, 5.74) is 7.93. The first kappa shape index (κ1) is 37.7. The number of ether oxygens (including phenoxy) is 2. The highest BCUT2D eigenvalue weighted by molar-refractivity contribution is 14.2. The number of carbonyl (C=O) groups is 2. The van der Waals surface area contributed by atoms with Crippen LogP contribution in [0.5, 0.6) is 0 Å². The first-order valence-electron chi connectivity index (χ1n) is 17.1. The van der Waals surface area contributed by atoms with Gasteiger partial charge in [0.2, 0.25) is 0 Å². The minimum absolute atomic E-state index is 0.158. The predicted octanol–water partition coefficient (Wildman–Crippen LogP) is 7.51. The zero-order chi connectivity index (χ0) is 36.1. The highest BCUT2D eigenvalue weighted by atomic mass is 127. The van der Waals surface area contributed by atoms with Crippen molar-refractivity contribution in [2.45, 2.75) is 90.9 Å². The highest BCUT2D eigenvalue weighted by Crippen LogP contribution is 2.41. The number of rotatable bonds is 12. The Morgan fingerprint density at radius 2 is 1.62 bits per heavy atom. The fourth-order valence-corrected chi connectivity index (χ4v) is 7.80. The zero-order valence-corrected chi connectivity index (χ0v) is 33.0. The summed E-state index contributed by atoms with van der Waals surface area (Å²) in [6.45, 7) is 13.2. The lowest BCUT2D eigenvalue weighted by atomic mass is 10.1. The second-order valence-electron chi connectivity index (χ2n) is 14.8. The Labute approximate surface area is 309 Å². The van der Waals surface area contributed by atoms with Crippen molar-refractivity contribution in [1.29, 1.82) is 0 Å². The molecule has 15 heteroatoms. The molecule has 3 aromatic heterocycles. The molecule has 1 aromatic carbocycles. The highest BCUT2D eigenvalue weighted by Gasteiger charge is 2.33. The number of hydrogen-bond acceptors (Lipinski definition) is 9. The van der Waals surface area contributed by atoms with Crippen LogP contribution in [0, 0.1) is 5.92 Å². The van der Waals surface area contributed by atoms with Gasteiger partial charge in [0.05, 0.1) is 17.3 Å². The summed E-state index contributed by atoms with van der Waals surface area (Å²) in [4.78, 5) is 43.8. The summed E-state index contributed by atoms with van der Waals surface area (Å²) in [6, 6.07) is 10.3. The summed E-state index contributed by atoms with van der Waals surface area (Å²) in [5.74, 6) is 1.38. The third-order valence-corrected chi connectivity index (χ3v) is 10.4. The van der Waals surface area contributed by atoms with Crippen molar-refractivity contribution in [2.24, 2.45) is 5.92 Å². The lowest BCUT2D eigenvalue weighted by molar-refractivity contribution is 0.0186. The molecule has 1 aliphatic carbocycles. The molecule has 3 atom stereocenters. The van der Waals surface area contributed by atoms with E-state index in [0.29, 0.717) is 51.2 Å². The van der Waals surface area contributed by atoms with Gasteiger partial charge >= 0.3 is 12.2 Å². The van der Waals surface area contributed by atoms with Gasteiger partial charge in [0.25, 0.3) is 0 Å². The van der Waals surface area contributed by atoms with Crippen molar-refractivity contribution in [3.05, 3.63) is 54.7 Å². The third-order valence-electron chi connectivity index (χ3n) is 8.57. The molecule has 1 aliphatic rings. The average molecular weight is 818 g/mol. The molecule has 5 rings (SSSR count). The minimum Gasteiger partial charge on any atom is -0.444 e. The molecular weight excluding hydrogens is 768 g/mol. The van der Waals surface area contributed by atoms with Gasteiger partial charge in [-0.3, -0.25) is 0 Å². The van der Waals surface area contributed by atoms with Gasteiger partial charge in [-0.15, -0.1) is 0 Å². The van der Waals surface area contributed by atoms with Gasteiger partial charge in [0, 0.05) is 38.4 Å². The molecule has 0 bridgehead atoms. The summed E-state index contributed by atoms with van der Waals surface area (Å²) in [7, 11) is 0. The minimum atomic E-state index is -0.634. The number of nitrogens with two attached hydrogens (primary N) is 1. The van der Waals surface area contributed by atoms with Gasteiger partial charge in [0.15, 0.2) is 5.82 Å². The lowest BCUT2D eigenvalue weighted by Gasteiger charge is -2.31. The van der Waals surface area contributed by atoms with Gasteiger partial charge in [-0.05, 0) is 107 Å². The van der Waals surface area contributed by atoms with Gasteiger partial charge in [-0.1, -0.05) is 30.3 Å². The van der Waals surface area contributed by atoms with Crippen LogP contribution in [0.15, 0.2) is 49.2 Å². The zero-order valence-electron chi connectivity index (χ0n) is 29.8. The number of halogens is 1. The maximum atomic E-state index is 13.6. The van der Waals surface area contributed by atoms with Crippen LogP contribution in [0.2, 0.25) is 0 Å². The number of nitrogen functional groups attached to an aromatic ring is 1. The second-order valence-corrected chi connectivity index (χ2v) is 16.8. The maximum Gasteiger partial charge on any atom is 0.410 e. The Bertz CT molecular complexity index is 1750. The van der Waals surface area contributed by atoms with E-state index in [1.54, 1.807) is 11.2 Å². The van der Waals surface area contributed by atoms with Crippen molar-refractivity contribution >= 4 is 57.5 Å². The van der Waals surface area contributed by atoms with E-state index in [9.17, 15) is 9.59 Å². The third kappa shape index (κ3) is 9.83. The topological polar surface area (TPSA) is 147 Å². The SMILES string of the molecule is CC(C)(C)OC(=O)N(CCCN(C[C@@H]1CC[C@H](n2cc(-c3ncnn3PI)c3c(N)ncnc32)C1)C(=O)OC(C)(C)C)CCc1ccccc1. The summed E-state index contributed by atoms with van der Waals surface area (Å²) in [6.07, 6.45) is 8.82. The number of carbonyl (C=O) groups excluding carboxylic acids is 2. The normalized spacial score (nSPS) is 16.7. The van der Waals surface area contributed by atoms with Crippen molar-refractivity contribution < 1.29 is 19.1 Å². The molecule has 0 radical (unpaired) electrons. The second kappa shape index (κ2) is 16.2. The lowest BCUT2D eigenvalue weighted by Crippen LogP contribution is -2.42. The summed E-state index contributed by atoms with van der Waals surface area (Å²) < 4.78 is 15.7. The molecule has 1 unspecified atom stereocenters. The van der Waals surface area contributed by atoms with E-state index >= 15 is 0 Å². The number of benzene rings is 1. The van der Waals surface area contributed by atoms with Gasteiger partial charge < -0.3 is 29.6 Å². The quantitative estimate of drug-likeness (QED) is 0.113. The van der Waals surface area contributed by atoms with Crippen molar-refractivity contribution in [2.75, 3.05) is 31.9 Å². The van der Waals surface area contributed by atoms with Crippen LogP contribution < -0.4 is 5.73 Å². The molecule has 2 amide bonds. The summed E-state index contributed by atoms with van der Waals surface area (Å²) in [5, 5.41) is 5.14. The number of anilines is 1. The van der Waals surface area contributed by atoms with E-state index in [-0.39, 0.29) is 24.1 Å². The standard InChI is InChI=1S/C35H49IN9O4P/c1-34(2,3)48-32(46)42(18-15-24-11-8-7-9-12-24)16-10-17-43(33(47)49-35(4,5)6)20-25-13-14-26(19-25)44-21-27(30-40-23-41-45(30)50-36)28-29(37)38-22-39-31(28)44/h7-9,11-12,21-23,25-26,50H,10,13-20H2,1-6H3,(H2,37,38,39)/t25-,26+/m1/s1. The number of hydrogen-bond donors (Lipinski definition) is 1. The van der Waals surface area contributed by atoms with Crippen molar-refractivity contribution in [3.8, 4) is 11.4 Å². The smallest absolute Gasteiger partial charge is 0.410 e. The van der Waals surface area contributed by atoms with Crippen molar-refractivity contribution in [3.63, 3.8) is 0 Å². The van der Waals surface area contributed by atoms with Crippen LogP contribution in [-0.2, 0) is 15.9 Å². The maximum absolute atomic E-state index is 13.6. The Hall–Kier alpha value is -3.52. The van der Waals surface area contributed by atoms with E-state index in [4.69, 9.17) is 15.2 Å². The molecule has 4 aromatic rings. The molecule has 0 aliphatic heterocycles. The van der Waals surface area contributed by atoms with E-state index < -0.39 is 11.2 Å². The molecule has 2 N–H and O–H groups in total. The largest absolute Gasteiger partial charge is 0.444 e. The predicted molar refractivity (Wildman–Crippen MR) is 205 cm³/mol. The van der Waals surface area contributed by atoms with Crippen molar-refractivity contribution in [1.82, 2.24) is 38.9 Å². The summed E-state index contributed by atoms with van der Waals surface area (Å²) >= 11 is 2.28. The van der Waals surface area contributed by atoms with Gasteiger partial charge in [-0.2, -0.15) is 5.10 Å². The molecule has 50 heavy (non-hydrogen) atoms. The van der Waals surface area contributed by atoms with Gasteiger partial charge in [-0.25, -0.2) is 29.0 Å². The van der Waals surface area contributed by atoms with E-state index in [1.165, 1.54) is 6.33 Å². The Morgan fingerprint density at radius 1 is 0.940 bits per heavy atom. The molecular formula is C35H49IN9O4P. The monoisotopic (exact) mass is 817 g/mol. The van der Waals surface area contributed by atoms with Crippen LogP contribution in [-0.4, -0.2) is 88.4 Å². The van der Waals surface area contributed by atoms with Crippen LogP contribution in [0.1, 0.15) is 78.8 Å². The Morgan fingerprint density at radius 3 is 2.30 bits per heavy atom. The van der Waals surface area contributed by atoms with Gasteiger partial charge in [0.1, 0.15) is 35.3 Å². The van der Waals surface area contributed by atoms with Crippen LogP contribution >= 0.6 is 28.4 Å². The van der Waals surface area contributed by atoms with Crippen LogP contribution in [0.3, 0.4) is 0 Å². The Kier molecular flexibility index (Phi) is 12.2. The molecule has 3 heterocycles. The number of amides is 2. The molecule has 13 nitrogen and oxygen atoms in total. The molecule has 270 valence electrons. The first-order valence-corrected chi connectivity index (χ1v) is 21.2. The molecule has 0 spiro atoms. The number of aromatic nitrogens is 6. The van der Waals surface area contributed by atoms with Crippen LogP contribution in [0.4, 0.5) is 15.4 Å². The van der Waals surface area contributed by atoms with Crippen LogP contribution in [0.25, 0.3) is 22.4 Å². The molecule has 1 fully saturated rings. The van der Waals surface area contributed by atoms with E-state index in [1.807, 2.05) is 69.1 Å². The molecule has 1 saturated carbocycles. The Balaban J connectivity index is 1.29. The molecule has 0 saturated heterocycles. The number of fused-ring (bicyclic) bond motifs is 1. The average Bonchev–Trinajstić information content (AvgIpc) is 3.79. The first-order chi connectivity index (χ1) is 23.7. The fourth-order valence-electron chi connectivity index (χ4n) is 6.39. The van der Waals surface area contributed by atoms with E-state index in [2.05, 4.69) is 65.0 Å². The van der Waals surface area contributed by atoms with E-state index in [0.717, 1.165) is 47.2 Å².